The van der Waals surface area contributed by atoms with Gasteiger partial charge in [-0.05, 0) is 29.7 Å². The molecule has 2 aromatic carbocycles. The number of amides is 1. The van der Waals surface area contributed by atoms with Crippen molar-refractivity contribution >= 4 is 5.91 Å². The van der Waals surface area contributed by atoms with E-state index < -0.39 is 0 Å². The number of methoxy groups -OCH3 is 1. The SMILES string of the molecule is COc1ccc(CNCCC(=O)NCCc2ccccc2)cc1. The van der Waals surface area contributed by atoms with Crippen LogP contribution in [0.2, 0.25) is 0 Å². The summed E-state index contributed by atoms with van der Waals surface area (Å²) in [6, 6.07) is 18.1. The van der Waals surface area contributed by atoms with Crippen LogP contribution in [0, 0.1) is 0 Å². The first kappa shape index (κ1) is 17.0. The highest BCUT2D eigenvalue weighted by molar-refractivity contribution is 5.76. The van der Waals surface area contributed by atoms with Gasteiger partial charge in [0.2, 0.25) is 5.91 Å². The fraction of sp³-hybridized carbons (Fsp3) is 0.316. The molecule has 0 aliphatic heterocycles. The second-order valence-electron chi connectivity index (χ2n) is 5.36. The Morgan fingerprint density at radius 2 is 1.70 bits per heavy atom. The molecule has 0 atom stereocenters. The second-order valence-corrected chi connectivity index (χ2v) is 5.36. The first-order valence-corrected chi connectivity index (χ1v) is 7.92. The van der Waals surface area contributed by atoms with Crippen LogP contribution < -0.4 is 15.4 Å². The van der Waals surface area contributed by atoms with Crippen LogP contribution in [0.5, 0.6) is 5.75 Å². The summed E-state index contributed by atoms with van der Waals surface area (Å²) in [6.45, 7) is 2.10. The van der Waals surface area contributed by atoms with Crippen LogP contribution in [-0.4, -0.2) is 26.1 Å². The van der Waals surface area contributed by atoms with E-state index in [1.54, 1.807) is 7.11 Å². The van der Waals surface area contributed by atoms with Crippen molar-refractivity contribution in [3.63, 3.8) is 0 Å². The molecule has 2 rings (SSSR count). The van der Waals surface area contributed by atoms with E-state index in [-0.39, 0.29) is 5.91 Å². The van der Waals surface area contributed by atoms with Crippen LogP contribution in [0.15, 0.2) is 54.6 Å². The molecule has 0 radical (unpaired) electrons. The molecule has 0 saturated heterocycles. The largest absolute Gasteiger partial charge is 0.497 e. The van der Waals surface area contributed by atoms with E-state index >= 15 is 0 Å². The number of hydrogen-bond acceptors (Lipinski definition) is 3. The maximum Gasteiger partial charge on any atom is 0.221 e. The van der Waals surface area contributed by atoms with E-state index in [4.69, 9.17) is 4.74 Å². The second kappa shape index (κ2) is 9.64. The van der Waals surface area contributed by atoms with Gasteiger partial charge in [0.1, 0.15) is 5.75 Å². The summed E-state index contributed by atoms with van der Waals surface area (Å²) in [6.07, 6.45) is 1.36. The maximum atomic E-state index is 11.8. The Kier molecular flexibility index (Phi) is 7.14. The normalized spacial score (nSPS) is 10.3. The van der Waals surface area contributed by atoms with Crippen LogP contribution >= 0.6 is 0 Å². The van der Waals surface area contributed by atoms with Crippen LogP contribution in [0.25, 0.3) is 0 Å². The molecule has 4 heteroatoms. The van der Waals surface area contributed by atoms with E-state index in [9.17, 15) is 4.79 Å². The number of rotatable bonds is 9. The molecule has 0 unspecified atom stereocenters. The lowest BCUT2D eigenvalue weighted by molar-refractivity contribution is -0.120. The molecule has 122 valence electrons. The van der Waals surface area contributed by atoms with E-state index in [2.05, 4.69) is 22.8 Å². The first-order valence-electron chi connectivity index (χ1n) is 7.92. The van der Waals surface area contributed by atoms with Crippen molar-refractivity contribution in [2.75, 3.05) is 20.2 Å². The van der Waals surface area contributed by atoms with Gasteiger partial charge in [-0.2, -0.15) is 0 Å². The number of carbonyl (C=O) groups is 1. The summed E-state index contributed by atoms with van der Waals surface area (Å²) >= 11 is 0. The number of carbonyl (C=O) groups excluding carboxylic acids is 1. The Morgan fingerprint density at radius 1 is 0.957 bits per heavy atom. The summed E-state index contributed by atoms with van der Waals surface area (Å²) in [5, 5.41) is 6.23. The maximum absolute atomic E-state index is 11.8. The molecule has 2 N–H and O–H groups in total. The average molecular weight is 312 g/mol. The number of nitrogens with one attached hydrogen (secondary N) is 2. The minimum Gasteiger partial charge on any atom is -0.497 e. The van der Waals surface area contributed by atoms with Gasteiger partial charge < -0.3 is 15.4 Å². The van der Waals surface area contributed by atoms with Gasteiger partial charge in [-0.15, -0.1) is 0 Å². The quantitative estimate of drug-likeness (QED) is 0.700. The predicted molar refractivity (Wildman–Crippen MR) is 92.5 cm³/mol. The minimum atomic E-state index is 0.0863. The minimum absolute atomic E-state index is 0.0863. The lowest BCUT2D eigenvalue weighted by Crippen LogP contribution is -2.29. The van der Waals surface area contributed by atoms with Crippen LogP contribution in [-0.2, 0) is 17.8 Å². The Hall–Kier alpha value is -2.33. The zero-order valence-corrected chi connectivity index (χ0v) is 13.5. The van der Waals surface area contributed by atoms with E-state index in [1.165, 1.54) is 11.1 Å². The van der Waals surface area contributed by atoms with Gasteiger partial charge in [-0.25, -0.2) is 0 Å². The van der Waals surface area contributed by atoms with Crippen LogP contribution in [0.4, 0.5) is 0 Å². The van der Waals surface area contributed by atoms with Crippen molar-refractivity contribution in [1.82, 2.24) is 10.6 Å². The summed E-state index contributed by atoms with van der Waals surface area (Å²) in [5.41, 5.74) is 2.42. The molecule has 0 saturated carbocycles. The van der Waals surface area contributed by atoms with Crippen molar-refractivity contribution in [3.05, 3.63) is 65.7 Å². The molecule has 0 aliphatic carbocycles. The monoisotopic (exact) mass is 312 g/mol. The summed E-state index contributed by atoms with van der Waals surface area (Å²) < 4.78 is 5.12. The molecule has 23 heavy (non-hydrogen) atoms. The Bertz CT molecular complexity index is 582. The molecule has 4 nitrogen and oxygen atoms in total. The lowest BCUT2D eigenvalue weighted by Gasteiger charge is -2.07. The number of hydrogen-bond donors (Lipinski definition) is 2. The lowest BCUT2D eigenvalue weighted by atomic mass is 10.1. The van der Waals surface area contributed by atoms with Gasteiger partial charge >= 0.3 is 0 Å². The Morgan fingerprint density at radius 3 is 2.39 bits per heavy atom. The molecule has 0 aliphatic rings. The third-order valence-corrected chi connectivity index (χ3v) is 3.60. The topological polar surface area (TPSA) is 50.4 Å². The zero-order chi connectivity index (χ0) is 16.3. The van der Waals surface area contributed by atoms with Crippen LogP contribution in [0.1, 0.15) is 17.5 Å². The fourth-order valence-corrected chi connectivity index (χ4v) is 2.26. The summed E-state index contributed by atoms with van der Waals surface area (Å²) in [7, 11) is 1.66. The third-order valence-electron chi connectivity index (χ3n) is 3.60. The van der Waals surface area contributed by atoms with Gasteiger partial charge in [0.25, 0.3) is 0 Å². The van der Waals surface area contributed by atoms with Crippen molar-refractivity contribution in [3.8, 4) is 5.75 Å². The van der Waals surface area contributed by atoms with E-state index in [0.717, 1.165) is 18.7 Å². The third kappa shape index (κ3) is 6.53. The van der Waals surface area contributed by atoms with Gasteiger partial charge in [-0.3, -0.25) is 4.79 Å². The molecular formula is C19H24N2O2. The molecule has 0 bridgehead atoms. The highest BCUT2D eigenvalue weighted by Gasteiger charge is 2.01. The Balaban J connectivity index is 1.55. The standard InChI is InChI=1S/C19H24N2O2/c1-23-18-9-7-17(8-10-18)15-20-13-12-19(22)21-14-11-16-5-3-2-4-6-16/h2-10,20H,11-15H2,1H3,(H,21,22). The van der Waals surface area contributed by atoms with Crippen molar-refractivity contribution in [1.29, 1.82) is 0 Å². The van der Waals surface area contributed by atoms with Crippen molar-refractivity contribution < 1.29 is 9.53 Å². The highest BCUT2D eigenvalue weighted by Crippen LogP contribution is 2.10. The Labute approximate surface area is 137 Å². The first-order chi connectivity index (χ1) is 11.3. The highest BCUT2D eigenvalue weighted by atomic mass is 16.5. The van der Waals surface area contributed by atoms with Crippen LogP contribution in [0.3, 0.4) is 0 Å². The van der Waals surface area contributed by atoms with Crippen molar-refractivity contribution in [2.24, 2.45) is 0 Å². The van der Waals surface area contributed by atoms with E-state index in [1.807, 2.05) is 42.5 Å². The van der Waals surface area contributed by atoms with Gasteiger partial charge in [0, 0.05) is 26.1 Å². The molecule has 0 fully saturated rings. The van der Waals surface area contributed by atoms with Gasteiger partial charge in [-0.1, -0.05) is 42.5 Å². The molecule has 2 aromatic rings. The molecule has 0 spiro atoms. The van der Waals surface area contributed by atoms with Gasteiger partial charge in [0.15, 0.2) is 0 Å². The number of ether oxygens (including phenoxy) is 1. The molecule has 0 heterocycles. The fourth-order valence-electron chi connectivity index (χ4n) is 2.26. The van der Waals surface area contributed by atoms with Crippen molar-refractivity contribution in [2.45, 2.75) is 19.4 Å². The molecular weight excluding hydrogens is 288 g/mol. The smallest absolute Gasteiger partial charge is 0.221 e. The summed E-state index contributed by atoms with van der Waals surface area (Å²) in [5.74, 6) is 0.940. The molecule has 1 amide bonds. The number of benzene rings is 2. The molecule has 0 aromatic heterocycles. The average Bonchev–Trinajstić information content (AvgIpc) is 2.60. The zero-order valence-electron chi connectivity index (χ0n) is 13.5. The predicted octanol–water partition coefficient (Wildman–Crippen LogP) is 2.53. The van der Waals surface area contributed by atoms with Gasteiger partial charge in [0.05, 0.1) is 7.11 Å². The summed E-state index contributed by atoms with van der Waals surface area (Å²) in [4.78, 5) is 11.8. The van der Waals surface area contributed by atoms with E-state index in [0.29, 0.717) is 19.5 Å².